The van der Waals surface area contributed by atoms with Crippen molar-refractivity contribution in [2.75, 3.05) is 18.0 Å². The van der Waals surface area contributed by atoms with Crippen LogP contribution in [0.15, 0.2) is 6.20 Å². The molecule has 4 nitrogen and oxygen atoms in total. The predicted molar refractivity (Wildman–Crippen MR) is 55.2 cm³/mol. The maximum atomic E-state index is 4.39. The van der Waals surface area contributed by atoms with Crippen LogP contribution in [0.25, 0.3) is 0 Å². The molecule has 0 bridgehead atoms. The van der Waals surface area contributed by atoms with Gasteiger partial charge in [0.25, 0.3) is 0 Å². The molecule has 1 saturated heterocycles. The minimum atomic E-state index is 0.798. The van der Waals surface area contributed by atoms with E-state index < -0.39 is 0 Å². The fourth-order valence-electron chi connectivity index (χ4n) is 1.78. The van der Waals surface area contributed by atoms with Gasteiger partial charge in [-0.3, -0.25) is 0 Å². The van der Waals surface area contributed by atoms with Crippen molar-refractivity contribution in [2.45, 2.75) is 32.6 Å². The van der Waals surface area contributed by atoms with Crippen LogP contribution in [-0.4, -0.2) is 28.3 Å². The molecule has 0 saturated carbocycles. The lowest BCUT2D eigenvalue weighted by Crippen LogP contribution is -2.26. The topological polar surface area (TPSA) is 41.9 Å². The van der Waals surface area contributed by atoms with E-state index >= 15 is 0 Å². The molecule has 1 fully saturated rings. The maximum absolute atomic E-state index is 4.39. The quantitative estimate of drug-likeness (QED) is 0.677. The number of rotatable bonds is 1. The smallest absolute Gasteiger partial charge is 0.245 e. The summed E-state index contributed by atoms with van der Waals surface area (Å²) in [5.41, 5.74) is 0.944. The Labute approximate surface area is 84.4 Å². The first-order valence-electron chi connectivity index (χ1n) is 5.27. The van der Waals surface area contributed by atoms with Gasteiger partial charge in [0, 0.05) is 13.1 Å². The Morgan fingerprint density at radius 1 is 1.14 bits per heavy atom. The Morgan fingerprint density at radius 3 is 2.50 bits per heavy atom. The molecule has 0 atom stereocenters. The lowest BCUT2D eigenvalue weighted by atomic mass is 10.2. The Balaban J connectivity index is 2.12. The van der Waals surface area contributed by atoms with Crippen molar-refractivity contribution in [1.82, 2.24) is 15.2 Å². The third-order valence-corrected chi connectivity index (χ3v) is 2.56. The van der Waals surface area contributed by atoms with Crippen LogP contribution in [0.5, 0.6) is 0 Å². The molecule has 0 aromatic carbocycles. The zero-order chi connectivity index (χ0) is 9.80. The maximum Gasteiger partial charge on any atom is 0.245 e. The van der Waals surface area contributed by atoms with E-state index in [-0.39, 0.29) is 0 Å². The molecule has 2 heterocycles. The van der Waals surface area contributed by atoms with Crippen LogP contribution in [0.4, 0.5) is 5.95 Å². The third kappa shape index (κ3) is 2.19. The van der Waals surface area contributed by atoms with E-state index in [9.17, 15) is 0 Å². The van der Waals surface area contributed by atoms with Gasteiger partial charge in [0.15, 0.2) is 0 Å². The molecule has 0 unspecified atom stereocenters. The average molecular weight is 192 g/mol. The summed E-state index contributed by atoms with van der Waals surface area (Å²) in [5, 5.41) is 8.01. The van der Waals surface area contributed by atoms with Crippen LogP contribution in [0.2, 0.25) is 0 Å². The number of hydrogen-bond acceptors (Lipinski definition) is 4. The molecule has 2 rings (SSSR count). The van der Waals surface area contributed by atoms with Gasteiger partial charge >= 0.3 is 0 Å². The second-order valence-corrected chi connectivity index (χ2v) is 3.80. The minimum Gasteiger partial charge on any atom is -0.340 e. The third-order valence-electron chi connectivity index (χ3n) is 2.56. The van der Waals surface area contributed by atoms with Crippen molar-refractivity contribution in [1.29, 1.82) is 0 Å². The first-order valence-corrected chi connectivity index (χ1v) is 5.27. The molecule has 1 aromatic rings. The van der Waals surface area contributed by atoms with Gasteiger partial charge in [-0.1, -0.05) is 12.8 Å². The highest BCUT2D eigenvalue weighted by atomic mass is 15.3. The molecule has 0 N–H and O–H groups in total. The summed E-state index contributed by atoms with van der Waals surface area (Å²) in [6.45, 7) is 4.10. The van der Waals surface area contributed by atoms with E-state index in [1.807, 2.05) is 6.92 Å². The summed E-state index contributed by atoms with van der Waals surface area (Å²) < 4.78 is 0. The van der Waals surface area contributed by atoms with Gasteiger partial charge in [-0.2, -0.15) is 5.10 Å². The minimum absolute atomic E-state index is 0.798. The van der Waals surface area contributed by atoms with Gasteiger partial charge in [-0.05, 0) is 19.8 Å². The average Bonchev–Trinajstić information content (AvgIpc) is 2.45. The fraction of sp³-hybridized carbons (Fsp3) is 0.700. The van der Waals surface area contributed by atoms with Crippen LogP contribution < -0.4 is 4.90 Å². The molecular formula is C10H16N4. The van der Waals surface area contributed by atoms with E-state index in [4.69, 9.17) is 0 Å². The molecule has 14 heavy (non-hydrogen) atoms. The standard InChI is InChI=1S/C10H16N4/c1-9-8-11-13-10(12-9)14-6-4-2-3-5-7-14/h8H,2-7H2,1H3. The first-order chi connectivity index (χ1) is 6.86. The number of anilines is 1. The Hall–Kier alpha value is -1.19. The Kier molecular flexibility index (Phi) is 2.91. The molecule has 0 spiro atoms. The number of nitrogens with zero attached hydrogens (tertiary/aromatic N) is 4. The van der Waals surface area contributed by atoms with Gasteiger partial charge < -0.3 is 4.90 Å². The van der Waals surface area contributed by atoms with Gasteiger partial charge in [0.1, 0.15) is 0 Å². The molecule has 1 aliphatic heterocycles. The Bertz CT molecular complexity index is 292. The van der Waals surface area contributed by atoms with Gasteiger partial charge in [0.2, 0.25) is 5.95 Å². The second-order valence-electron chi connectivity index (χ2n) is 3.80. The van der Waals surface area contributed by atoms with E-state index in [1.54, 1.807) is 6.20 Å². The van der Waals surface area contributed by atoms with Gasteiger partial charge in [0.05, 0.1) is 11.9 Å². The SMILES string of the molecule is Cc1cnnc(N2CCCCCC2)n1. The highest BCUT2D eigenvalue weighted by molar-refractivity contribution is 5.28. The number of aromatic nitrogens is 3. The van der Waals surface area contributed by atoms with E-state index in [0.717, 1.165) is 24.7 Å². The fourth-order valence-corrected chi connectivity index (χ4v) is 1.78. The van der Waals surface area contributed by atoms with Crippen molar-refractivity contribution < 1.29 is 0 Å². The van der Waals surface area contributed by atoms with Crippen molar-refractivity contribution in [3.8, 4) is 0 Å². The van der Waals surface area contributed by atoms with Crippen molar-refractivity contribution in [2.24, 2.45) is 0 Å². The first kappa shape index (κ1) is 9.37. The summed E-state index contributed by atoms with van der Waals surface area (Å²) in [7, 11) is 0. The molecule has 1 aliphatic rings. The molecule has 0 aliphatic carbocycles. The van der Waals surface area contributed by atoms with Crippen LogP contribution in [-0.2, 0) is 0 Å². The molecule has 0 radical (unpaired) electrons. The van der Waals surface area contributed by atoms with Gasteiger partial charge in [-0.25, -0.2) is 4.98 Å². The number of hydrogen-bond donors (Lipinski definition) is 0. The largest absolute Gasteiger partial charge is 0.340 e. The number of aryl methyl sites for hydroxylation is 1. The lowest BCUT2D eigenvalue weighted by molar-refractivity contribution is 0.726. The normalized spacial score (nSPS) is 17.9. The van der Waals surface area contributed by atoms with Crippen LogP contribution in [0.3, 0.4) is 0 Å². The summed E-state index contributed by atoms with van der Waals surface area (Å²) >= 11 is 0. The highest BCUT2D eigenvalue weighted by Gasteiger charge is 2.12. The molecule has 0 amide bonds. The molecule has 4 heteroatoms. The lowest BCUT2D eigenvalue weighted by Gasteiger charge is -2.19. The van der Waals surface area contributed by atoms with E-state index in [2.05, 4.69) is 20.1 Å². The summed E-state index contributed by atoms with van der Waals surface area (Å²) in [4.78, 5) is 6.63. The van der Waals surface area contributed by atoms with Crippen LogP contribution in [0, 0.1) is 6.92 Å². The zero-order valence-corrected chi connectivity index (χ0v) is 8.61. The van der Waals surface area contributed by atoms with Crippen molar-refractivity contribution >= 4 is 5.95 Å². The second kappa shape index (κ2) is 4.35. The van der Waals surface area contributed by atoms with Crippen molar-refractivity contribution in [3.05, 3.63) is 11.9 Å². The summed E-state index contributed by atoms with van der Waals surface area (Å²) in [6, 6.07) is 0. The van der Waals surface area contributed by atoms with E-state index in [1.165, 1.54) is 25.7 Å². The zero-order valence-electron chi connectivity index (χ0n) is 8.61. The Morgan fingerprint density at radius 2 is 1.86 bits per heavy atom. The van der Waals surface area contributed by atoms with Crippen LogP contribution >= 0.6 is 0 Å². The molecular weight excluding hydrogens is 176 g/mol. The van der Waals surface area contributed by atoms with Crippen LogP contribution in [0.1, 0.15) is 31.4 Å². The summed E-state index contributed by atoms with van der Waals surface area (Å²) in [5.74, 6) is 0.798. The highest BCUT2D eigenvalue weighted by Crippen LogP contribution is 2.14. The monoisotopic (exact) mass is 192 g/mol. The van der Waals surface area contributed by atoms with Crippen molar-refractivity contribution in [3.63, 3.8) is 0 Å². The molecule has 76 valence electrons. The van der Waals surface area contributed by atoms with E-state index in [0.29, 0.717) is 0 Å². The van der Waals surface area contributed by atoms with Gasteiger partial charge in [-0.15, -0.1) is 5.10 Å². The molecule has 1 aromatic heterocycles. The summed E-state index contributed by atoms with van der Waals surface area (Å²) in [6.07, 6.45) is 6.85. The predicted octanol–water partition coefficient (Wildman–Crippen LogP) is 1.56.